The number of carbonyl (C=O) groups is 1. The average molecular weight is 352 g/mol. The van der Waals surface area contributed by atoms with Crippen LogP contribution in [0.5, 0.6) is 5.75 Å². The number of aliphatic hydroxyl groups is 1. The Bertz CT molecular complexity index is 588. The summed E-state index contributed by atoms with van der Waals surface area (Å²) in [6.07, 6.45) is -1.38. The number of alkyl halides is 2. The minimum absolute atomic E-state index is 0.0206. The number of carboxylic acid groups (broad SMARTS) is 1. The molecule has 1 aromatic rings. The number of nitrogens with one attached hydrogen (secondary N) is 1. The van der Waals surface area contributed by atoms with Crippen molar-refractivity contribution in [2.45, 2.75) is 44.3 Å². The third kappa shape index (κ3) is 4.21. The highest BCUT2D eigenvalue weighted by atomic mass is 35.5. The molecule has 0 aliphatic carbocycles. The van der Waals surface area contributed by atoms with Gasteiger partial charge >= 0.3 is 12.7 Å². The molecule has 0 radical (unpaired) electrons. The first kappa shape index (κ1) is 17.7. The molecule has 3 N–H and O–H groups in total. The highest BCUT2D eigenvalue weighted by Gasteiger charge is 2.44. The Morgan fingerprint density at radius 3 is 2.87 bits per heavy atom. The normalized spacial score (nSPS) is 25.4. The molecule has 3 atom stereocenters. The smallest absolute Gasteiger partial charge is 0.404 e. The number of benzene rings is 1. The van der Waals surface area contributed by atoms with E-state index in [1.165, 1.54) is 12.1 Å². The van der Waals surface area contributed by atoms with Crippen LogP contribution in [-0.4, -0.2) is 35.1 Å². The molecule has 0 bridgehead atoms. The van der Waals surface area contributed by atoms with Gasteiger partial charge in [-0.05, 0) is 31.5 Å². The summed E-state index contributed by atoms with van der Waals surface area (Å²) in [6.45, 7) is -1.50. The summed E-state index contributed by atoms with van der Waals surface area (Å²) in [5.74, 6) is -2.14. The third-order valence-electron chi connectivity index (χ3n) is 3.60. The highest BCUT2D eigenvalue weighted by molar-refractivity contribution is 6.30. The highest BCUT2D eigenvalue weighted by Crippen LogP contribution is 2.43. The monoisotopic (exact) mass is 351 g/mol. The molecule has 9 heteroatoms. The van der Waals surface area contributed by atoms with Crippen LogP contribution in [0.25, 0.3) is 0 Å². The molecular weight excluding hydrogens is 336 g/mol. The third-order valence-corrected chi connectivity index (χ3v) is 3.84. The fourth-order valence-corrected chi connectivity index (χ4v) is 2.72. The SMILES string of the molecule is C[C@H](NC(=O)O)C1CCC(O)(c2ccc(Cl)cc2OC(F)F)O1. The van der Waals surface area contributed by atoms with Crippen LogP contribution in [0.1, 0.15) is 25.3 Å². The van der Waals surface area contributed by atoms with Crippen LogP contribution in [-0.2, 0) is 10.5 Å². The lowest BCUT2D eigenvalue weighted by Gasteiger charge is -2.27. The van der Waals surface area contributed by atoms with Crippen molar-refractivity contribution in [2.75, 3.05) is 0 Å². The van der Waals surface area contributed by atoms with E-state index in [1.807, 2.05) is 0 Å². The molecule has 1 aliphatic rings. The van der Waals surface area contributed by atoms with E-state index in [2.05, 4.69) is 10.1 Å². The molecule has 0 saturated carbocycles. The van der Waals surface area contributed by atoms with Gasteiger partial charge in [0, 0.05) is 11.4 Å². The predicted octanol–water partition coefficient (Wildman–Crippen LogP) is 2.92. The zero-order valence-corrected chi connectivity index (χ0v) is 12.9. The Morgan fingerprint density at radius 2 is 2.26 bits per heavy atom. The van der Waals surface area contributed by atoms with Gasteiger partial charge in [-0.15, -0.1) is 0 Å². The number of hydrogen-bond acceptors (Lipinski definition) is 4. The second kappa shape index (κ2) is 6.86. The average Bonchev–Trinajstić information content (AvgIpc) is 2.81. The van der Waals surface area contributed by atoms with E-state index in [0.717, 1.165) is 6.07 Å². The Labute approximate surface area is 136 Å². The van der Waals surface area contributed by atoms with Gasteiger partial charge in [-0.25, -0.2) is 4.79 Å². The Kier molecular flexibility index (Phi) is 5.28. The van der Waals surface area contributed by atoms with Crippen LogP contribution in [0.3, 0.4) is 0 Å². The van der Waals surface area contributed by atoms with Crippen molar-refractivity contribution in [1.29, 1.82) is 0 Å². The van der Waals surface area contributed by atoms with E-state index >= 15 is 0 Å². The van der Waals surface area contributed by atoms with E-state index in [0.29, 0.717) is 6.42 Å². The second-order valence-electron chi connectivity index (χ2n) is 5.24. The maximum absolute atomic E-state index is 12.5. The van der Waals surface area contributed by atoms with Crippen LogP contribution in [0.2, 0.25) is 5.02 Å². The summed E-state index contributed by atoms with van der Waals surface area (Å²) in [5.41, 5.74) is 0.0206. The zero-order valence-electron chi connectivity index (χ0n) is 12.1. The molecular formula is C14H16ClF2NO5. The molecule has 2 rings (SSSR count). The van der Waals surface area contributed by atoms with E-state index in [-0.39, 0.29) is 22.8 Å². The molecule has 1 heterocycles. The molecule has 1 aliphatic heterocycles. The van der Waals surface area contributed by atoms with Crippen LogP contribution in [0, 0.1) is 0 Å². The van der Waals surface area contributed by atoms with Gasteiger partial charge in [0.25, 0.3) is 0 Å². The standard InChI is InChI=1S/C14H16ClF2NO5/c1-7(18-13(19)20)10-4-5-14(21,23-10)9-3-2-8(15)6-11(9)22-12(16)17/h2-3,6-7,10,12,18,21H,4-5H2,1H3,(H,19,20)/t7-,10?,14?/m0/s1. The van der Waals surface area contributed by atoms with E-state index < -0.39 is 30.6 Å². The van der Waals surface area contributed by atoms with Gasteiger partial charge in [0.05, 0.1) is 17.7 Å². The van der Waals surface area contributed by atoms with Crippen molar-refractivity contribution >= 4 is 17.7 Å². The largest absolute Gasteiger partial charge is 0.465 e. The van der Waals surface area contributed by atoms with Gasteiger partial charge in [-0.2, -0.15) is 8.78 Å². The lowest BCUT2D eigenvalue weighted by atomic mass is 10.0. The summed E-state index contributed by atoms with van der Waals surface area (Å²) in [5, 5.41) is 21.8. The molecule has 1 aromatic carbocycles. The van der Waals surface area contributed by atoms with Crippen molar-refractivity contribution in [3.05, 3.63) is 28.8 Å². The summed E-state index contributed by atoms with van der Waals surface area (Å²) >= 11 is 5.77. The van der Waals surface area contributed by atoms with Crippen LogP contribution in [0.4, 0.5) is 13.6 Å². The Hall–Kier alpha value is -1.64. The summed E-state index contributed by atoms with van der Waals surface area (Å²) < 4.78 is 35.0. The number of amides is 1. The number of hydrogen-bond donors (Lipinski definition) is 3. The van der Waals surface area contributed by atoms with Crippen LogP contribution < -0.4 is 10.1 Å². The lowest BCUT2D eigenvalue weighted by molar-refractivity contribution is -0.205. The molecule has 0 spiro atoms. The molecule has 0 aromatic heterocycles. The van der Waals surface area contributed by atoms with Gasteiger partial charge < -0.3 is 25.0 Å². The molecule has 6 nitrogen and oxygen atoms in total. The van der Waals surface area contributed by atoms with Crippen molar-refractivity contribution in [2.24, 2.45) is 0 Å². The quantitative estimate of drug-likeness (QED) is 0.759. The zero-order chi connectivity index (χ0) is 17.2. The number of rotatable bonds is 5. The van der Waals surface area contributed by atoms with Crippen LogP contribution in [0.15, 0.2) is 18.2 Å². The fraction of sp³-hybridized carbons (Fsp3) is 0.500. The van der Waals surface area contributed by atoms with Crippen molar-refractivity contribution in [1.82, 2.24) is 5.32 Å². The lowest BCUT2D eigenvalue weighted by Crippen LogP contribution is -2.41. The molecule has 1 fully saturated rings. The van der Waals surface area contributed by atoms with Gasteiger partial charge in [0.2, 0.25) is 0 Å². The molecule has 1 saturated heterocycles. The first-order chi connectivity index (χ1) is 10.7. The maximum Gasteiger partial charge on any atom is 0.404 e. The van der Waals surface area contributed by atoms with Crippen molar-refractivity contribution in [3.63, 3.8) is 0 Å². The minimum atomic E-state index is -3.08. The van der Waals surface area contributed by atoms with Gasteiger partial charge in [-0.1, -0.05) is 11.6 Å². The summed E-state index contributed by atoms with van der Waals surface area (Å²) in [4.78, 5) is 10.7. The Balaban J connectivity index is 2.23. The summed E-state index contributed by atoms with van der Waals surface area (Å²) in [7, 11) is 0. The van der Waals surface area contributed by atoms with E-state index in [9.17, 15) is 18.7 Å². The Morgan fingerprint density at radius 1 is 1.57 bits per heavy atom. The maximum atomic E-state index is 12.5. The fourth-order valence-electron chi connectivity index (χ4n) is 2.56. The number of ether oxygens (including phenoxy) is 2. The topological polar surface area (TPSA) is 88.0 Å². The van der Waals surface area contributed by atoms with Crippen LogP contribution >= 0.6 is 11.6 Å². The minimum Gasteiger partial charge on any atom is -0.465 e. The predicted molar refractivity (Wildman–Crippen MR) is 76.7 cm³/mol. The van der Waals surface area contributed by atoms with Gasteiger partial charge in [-0.3, -0.25) is 0 Å². The van der Waals surface area contributed by atoms with E-state index in [1.54, 1.807) is 6.92 Å². The second-order valence-corrected chi connectivity index (χ2v) is 5.67. The molecule has 23 heavy (non-hydrogen) atoms. The van der Waals surface area contributed by atoms with Gasteiger partial charge in [0.1, 0.15) is 5.75 Å². The van der Waals surface area contributed by atoms with E-state index in [4.69, 9.17) is 21.4 Å². The first-order valence-corrected chi connectivity index (χ1v) is 7.23. The number of halogens is 3. The first-order valence-electron chi connectivity index (χ1n) is 6.86. The summed E-state index contributed by atoms with van der Waals surface area (Å²) in [6, 6.07) is 3.35. The van der Waals surface area contributed by atoms with Gasteiger partial charge in [0.15, 0.2) is 5.79 Å². The van der Waals surface area contributed by atoms with Crippen molar-refractivity contribution in [3.8, 4) is 5.75 Å². The molecule has 128 valence electrons. The molecule has 2 unspecified atom stereocenters. The molecule has 1 amide bonds. The van der Waals surface area contributed by atoms with Crippen molar-refractivity contribution < 1.29 is 33.3 Å².